The quantitative estimate of drug-likeness (QED) is 0.767. The maximum absolute atomic E-state index is 12.7. The maximum Gasteiger partial charge on any atom is 0.290 e. The molecule has 5 nitrogen and oxygen atoms in total. The second-order valence-electron chi connectivity index (χ2n) is 6.89. The van der Waals surface area contributed by atoms with Gasteiger partial charge in [0.05, 0.1) is 6.04 Å². The Hall–Kier alpha value is -2.95. The number of carbonyl (C=O) groups is 3. The molecule has 1 fully saturated rings. The van der Waals surface area contributed by atoms with Gasteiger partial charge in [0.15, 0.2) is 0 Å². The van der Waals surface area contributed by atoms with Crippen LogP contribution in [-0.4, -0.2) is 41.6 Å². The molecule has 1 heterocycles. The van der Waals surface area contributed by atoms with Gasteiger partial charge < -0.3 is 9.80 Å². The molecule has 3 rings (SSSR count). The molecule has 0 spiro atoms. The molecule has 2 aromatic carbocycles. The average Bonchev–Trinajstić information content (AvgIpc) is 2.69. The van der Waals surface area contributed by atoms with Gasteiger partial charge in [-0.3, -0.25) is 14.4 Å². The van der Waals surface area contributed by atoms with Crippen LogP contribution in [0.1, 0.15) is 24.5 Å². The van der Waals surface area contributed by atoms with E-state index in [4.69, 9.17) is 0 Å². The molecule has 0 N–H and O–H groups in total. The molecule has 0 aliphatic carbocycles. The Morgan fingerprint density at radius 3 is 2.33 bits per heavy atom. The monoisotopic (exact) mass is 364 g/mol. The smallest absolute Gasteiger partial charge is 0.290 e. The summed E-state index contributed by atoms with van der Waals surface area (Å²) in [5.41, 5.74) is 3.01. The number of piperazine rings is 1. The first-order chi connectivity index (χ1) is 13.0. The zero-order valence-corrected chi connectivity index (χ0v) is 15.7. The van der Waals surface area contributed by atoms with E-state index in [9.17, 15) is 14.4 Å². The Morgan fingerprint density at radius 2 is 1.70 bits per heavy atom. The number of rotatable bonds is 5. The van der Waals surface area contributed by atoms with Crippen LogP contribution in [0.25, 0.3) is 0 Å². The topological polar surface area (TPSA) is 57.7 Å². The van der Waals surface area contributed by atoms with Crippen LogP contribution in [0.4, 0.5) is 5.69 Å². The molecule has 2 amide bonds. The minimum Gasteiger partial charge on any atom is -0.322 e. The van der Waals surface area contributed by atoms with Crippen LogP contribution in [0.5, 0.6) is 0 Å². The van der Waals surface area contributed by atoms with Crippen molar-refractivity contribution in [2.75, 3.05) is 18.0 Å². The standard InChI is InChI=1S/C22H24N2O3/c1-3-20(25)22(27)24-15-21(26)23(18-11-9-16(2)10-12-18)14-19(24)13-17-7-5-4-6-8-17/h4-12,19H,3,13-15H2,1-2H3/t19-/m1/s1. The number of benzene rings is 2. The maximum atomic E-state index is 12.7. The third-order valence-corrected chi connectivity index (χ3v) is 4.92. The van der Waals surface area contributed by atoms with Crippen LogP contribution in [0, 0.1) is 6.92 Å². The number of amides is 2. The van der Waals surface area contributed by atoms with Crippen molar-refractivity contribution in [1.29, 1.82) is 0 Å². The number of aryl methyl sites for hydroxylation is 1. The average molecular weight is 364 g/mol. The molecular formula is C22H24N2O3. The largest absolute Gasteiger partial charge is 0.322 e. The van der Waals surface area contributed by atoms with Gasteiger partial charge in [-0.25, -0.2) is 0 Å². The molecular weight excluding hydrogens is 340 g/mol. The van der Waals surface area contributed by atoms with Crippen molar-refractivity contribution in [2.45, 2.75) is 32.7 Å². The highest BCUT2D eigenvalue weighted by atomic mass is 16.2. The summed E-state index contributed by atoms with van der Waals surface area (Å²) in [6, 6.07) is 17.4. The lowest BCUT2D eigenvalue weighted by Gasteiger charge is -2.41. The number of hydrogen-bond donors (Lipinski definition) is 0. The molecule has 0 saturated carbocycles. The minimum absolute atomic E-state index is 0.0735. The van der Waals surface area contributed by atoms with Crippen molar-refractivity contribution >= 4 is 23.3 Å². The molecule has 27 heavy (non-hydrogen) atoms. The van der Waals surface area contributed by atoms with E-state index >= 15 is 0 Å². The van der Waals surface area contributed by atoms with Crippen molar-refractivity contribution in [3.63, 3.8) is 0 Å². The van der Waals surface area contributed by atoms with E-state index in [2.05, 4.69) is 0 Å². The van der Waals surface area contributed by atoms with E-state index < -0.39 is 11.7 Å². The van der Waals surface area contributed by atoms with Gasteiger partial charge in [0.2, 0.25) is 11.7 Å². The molecule has 2 aromatic rings. The van der Waals surface area contributed by atoms with Gasteiger partial charge in [0.25, 0.3) is 5.91 Å². The summed E-state index contributed by atoms with van der Waals surface area (Å²) in [6.07, 6.45) is 0.739. The van der Waals surface area contributed by atoms with Gasteiger partial charge in [-0.05, 0) is 31.0 Å². The van der Waals surface area contributed by atoms with E-state index in [0.717, 1.165) is 16.8 Å². The van der Waals surface area contributed by atoms with E-state index in [0.29, 0.717) is 13.0 Å². The van der Waals surface area contributed by atoms with E-state index in [1.54, 1.807) is 11.8 Å². The van der Waals surface area contributed by atoms with Crippen LogP contribution in [-0.2, 0) is 20.8 Å². The van der Waals surface area contributed by atoms with E-state index in [1.165, 1.54) is 4.90 Å². The Kier molecular flexibility index (Phi) is 5.69. The summed E-state index contributed by atoms with van der Waals surface area (Å²) in [4.78, 5) is 40.4. The molecule has 1 saturated heterocycles. The van der Waals surface area contributed by atoms with Gasteiger partial charge in [-0.2, -0.15) is 0 Å². The van der Waals surface area contributed by atoms with Crippen molar-refractivity contribution in [3.8, 4) is 0 Å². The van der Waals surface area contributed by atoms with E-state index in [1.807, 2.05) is 61.5 Å². The van der Waals surface area contributed by atoms with Gasteiger partial charge in [0.1, 0.15) is 6.54 Å². The van der Waals surface area contributed by atoms with Gasteiger partial charge in [0, 0.05) is 18.7 Å². The Labute approximate surface area is 159 Å². The molecule has 0 unspecified atom stereocenters. The molecule has 0 aromatic heterocycles. The molecule has 1 atom stereocenters. The molecule has 5 heteroatoms. The third kappa shape index (κ3) is 4.25. The molecule has 1 aliphatic rings. The first-order valence-electron chi connectivity index (χ1n) is 9.24. The second-order valence-corrected chi connectivity index (χ2v) is 6.89. The summed E-state index contributed by atoms with van der Waals surface area (Å²) in [6.45, 7) is 3.96. The number of ketones is 1. The Bertz CT molecular complexity index is 830. The number of anilines is 1. The fourth-order valence-electron chi connectivity index (χ4n) is 3.36. The van der Waals surface area contributed by atoms with Gasteiger partial charge in [-0.1, -0.05) is 55.0 Å². The predicted octanol–water partition coefficient (Wildman–Crippen LogP) is 2.76. The lowest BCUT2D eigenvalue weighted by Crippen LogP contribution is -2.60. The normalized spacial score (nSPS) is 17.1. The summed E-state index contributed by atoms with van der Waals surface area (Å²) >= 11 is 0. The fraction of sp³-hybridized carbons (Fsp3) is 0.318. The van der Waals surface area contributed by atoms with Crippen molar-refractivity contribution in [2.24, 2.45) is 0 Å². The lowest BCUT2D eigenvalue weighted by atomic mass is 10.0. The molecule has 0 radical (unpaired) electrons. The molecule has 1 aliphatic heterocycles. The first kappa shape index (κ1) is 18.8. The van der Waals surface area contributed by atoms with Gasteiger partial charge in [-0.15, -0.1) is 0 Å². The van der Waals surface area contributed by atoms with Crippen molar-refractivity contribution in [3.05, 3.63) is 65.7 Å². The number of Topliss-reactive ketones (excluding diaryl/α,β-unsaturated/α-hetero) is 1. The van der Waals surface area contributed by atoms with E-state index in [-0.39, 0.29) is 24.9 Å². The lowest BCUT2D eigenvalue weighted by molar-refractivity contribution is -0.148. The van der Waals surface area contributed by atoms with Crippen LogP contribution in [0.15, 0.2) is 54.6 Å². The molecule has 0 bridgehead atoms. The van der Waals surface area contributed by atoms with Crippen LogP contribution >= 0.6 is 0 Å². The van der Waals surface area contributed by atoms with Gasteiger partial charge >= 0.3 is 0 Å². The highest BCUT2D eigenvalue weighted by Gasteiger charge is 2.37. The molecule has 140 valence electrons. The van der Waals surface area contributed by atoms with Crippen LogP contribution in [0.2, 0.25) is 0 Å². The summed E-state index contributed by atoms with van der Waals surface area (Å²) in [5, 5.41) is 0. The third-order valence-electron chi connectivity index (χ3n) is 4.92. The summed E-state index contributed by atoms with van der Waals surface area (Å²) < 4.78 is 0. The zero-order valence-electron chi connectivity index (χ0n) is 15.7. The Balaban J connectivity index is 1.88. The Morgan fingerprint density at radius 1 is 1.04 bits per heavy atom. The minimum atomic E-state index is -0.560. The zero-order chi connectivity index (χ0) is 19.4. The fourth-order valence-corrected chi connectivity index (χ4v) is 3.36. The summed E-state index contributed by atoms with van der Waals surface area (Å²) in [5.74, 6) is -1.18. The van der Waals surface area contributed by atoms with Crippen molar-refractivity contribution < 1.29 is 14.4 Å². The number of carbonyl (C=O) groups excluding carboxylic acids is 3. The predicted molar refractivity (Wildman–Crippen MR) is 104 cm³/mol. The summed E-state index contributed by atoms with van der Waals surface area (Å²) in [7, 11) is 0. The van der Waals surface area contributed by atoms with Crippen LogP contribution in [0.3, 0.4) is 0 Å². The second kappa shape index (κ2) is 8.16. The SMILES string of the molecule is CCC(=O)C(=O)N1CC(=O)N(c2ccc(C)cc2)C[C@H]1Cc1ccccc1. The highest BCUT2D eigenvalue weighted by Crippen LogP contribution is 2.23. The number of hydrogen-bond acceptors (Lipinski definition) is 3. The van der Waals surface area contributed by atoms with Crippen LogP contribution < -0.4 is 4.90 Å². The number of nitrogens with zero attached hydrogens (tertiary/aromatic N) is 2. The highest BCUT2D eigenvalue weighted by molar-refractivity contribution is 6.36. The van der Waals surface area contributed by atoms with Crippen molar-refractivity contribution in [1.82, 2.24) is 4.90 Å². The first-order valence-corrected chi connectivity index (χ1v) is 9.24.